The van der Waals surface area contributed by atoms with E-state index in [9.17, 15) is 9.90 Å². The Labute approximate surface area is 97.2 Å². The van der Waals surface area contributed by atoms with Gasteiger partial charge in [0.2, 0.25) is 0 Å². The Bertz CT molecular complexity index is 287. The van der Waals surface area contributed by atoms with Gasteiger partial charge in [0.25, 0.3) is 0 Å². The quantitative estimate of drug-likeness (QED) is 0.767. The van der Waals surface area contributed by atoms with E-state index in [4.69, 9.17) is 0 Å². The van der Waals surface area contributed by atoms with Crippen LogP contribution in [0.3, 0.4) is 0 Å². The van der Waals surface area contributed by atoms with Crippen molar-refractivity contribution >= 4 is 5.97 Å². The summed E-state index contributed by atoms with van der Waals surface area (Å²) in [6.45, 7) is 2.14. The van der Waals surface area contributed by atoms with Crippen LogP contribution in [-0.2, 0) is 4.79 Å². The minimum absolute atomic E-state index is 0.204. The molecule has 0 aromatic heterocycles. The third-order valence-corrected chi connectivity index (χ3v) is 4.21. The Kier molecular flexibility index (Phi) is 2.97. The summed E-state index contributed by atoms with van der Waals surface area (Å²) in [6, 6.07) is 0.204. The lowest BCUT2D eigenvalue weighted by Gasteiger charge is -2.34. The van der Waals surface area contributed by atoms with Crippen LogP contribution < -0.4 is 0 Å². The van der Waals surface area contributed by atoms with Crippen LogP contribution >= 0.6 is 0 Å². The molecule has 1 saturated carbocycles. The number of carboxylic acid groups (broad SMARTS) is 1. The highest BCUT2D eigenvalue weighted by Crippen LogP contribution is 2.53. The van der Waals surface area contributed by atoms with E-state index in [2.05, 4.69) is 16.8 Å². The third kappa shape index (κ3) is 1.84. The number of hydrogen-bond donors (Lipinski definition) is 1. The zero-order valence-corrected chi connectivity index (χ0v) is 10.4. The normalized spacial score (nSPS) is 30.6. The van der Waals surface area contributed by atoms with Gasteiger partial charge in [0.15, 0.2) is 0 Å². The zero-order valence-electron chi connectivity index (χ0n) is 10.4. The van der Waals surface area contributed by atoms with Gasteiger partial charge < -0.3 is 14.9 Å². The van der Waals surface area contributed by atoms with E-state index in [1.54, 1.807) is 0 Å². The maximum Gasteiger partial charge on any atom is 0.311 e. The lowest BCUT2D eigenvalue weighted by Crippen LogP contribution is -2.47. The molecule has 0 spiro atoms. The molecule has 2 aliphatic rings. The molecule has 0 radical (unpaired) electrons. The summed E-state index contributed by atoms with van der Waals surface area (Å²) in [7, 11) is 6.16. The Morgan fingerprint density at radius 2 is 2.12 bits per heavy atom. The molecular formula is C12H22N2O2. The van der Waals surface area contributed by atoms with Gasteiger partial charge in [-0.15, -0.1) is 0 Å². The second kappa shape index (κ2) is 4.00. The van der Waals surface area contributed by atoms with Gasteiger partial charge in [0.1, 0.15) is 0 Å². The Hall–Kier alpha value is -0.610. The van der Waals surface area contributed by atoms with Crippen molar-refractivity contribution in [2.24, 2.45) is 11.3 Å². The molecule has 2 atom stereocenters. The van der Waals surface area contributed by atoms with Crippen molar-refractivity contribution in [3.63, 3.8) is 0 Å². The molecular weight excluding hydrogens is 204 g/mol. The van der Waals surface area contributed by atoms with Crippen molar-refractivity contribution in [3.8, 4) is 0 Å². The first kappa shape index (κ1) is 11.9. The van der Waals surface area contributed by atoms with E-state index in [1.807, 2.05) is 14.1 Å². The largest absolute Gasteiger partial charge is 0.481 e. The Balaban J connectivity index is 2.15. The highest BCUT2D eigenvalue weighted by molar-refractivity contribution is 5.79. The van der Waals surface area contributed by atoms with Crippen LogP contribution in [0.2, 0.25) is 0 Å². The number of rotatable bonds is 4. The number of nitrogens with zero attached hydrogens (tertiary/aromatic N) is 2. The number of likely N-dealkylation sites (tertiary alicyclic amines) is 1. The van der Waals surface area contributed by atoms with E-state index in [-0.39, 0.29) is 6.04 Å². The van der Waals surface area contributed by atoms with Crippen molar-refractivity contribution in [2.75, 3.05) is 34.2 Å². The lowest BCUT2D eigenvalue weighted by atomic mass is 9.84. The molecule has 92 valence electrons. The van der Waals surface area contributed by atoms with Gasteiger partial charge in [0, 0.05) is 12.6 Å². The summed E-state index contributed by atoms with van der Waals surface area (Å²) in [6.07, 6.45) is 2.84. The zero-order chi connectivity index (χ0) is 11.9. The summed E-state index contributed by atoms with van der Waals surface area (Å²) in [5.41, 5.74) is -0.445. The first-order valence-electron chi connectivity index (χ1n) is 6.06. The summed E-state index contributed by atoms with van der Waals surface area (Å²) >= 11 is 0. The SMILES string of the molecule is CN1CCC(C(N(C)C)C2(C(=O)O)CC2)C1. The van der Waals surface area contributed by atoms with Crippen LogP contribution in [0, 0.1) is 11.3 Å². The topological polar surface area (TPSA) is 43.8 Å². The molecule has 0 bridgehead atoms. The summed E-state index contributed by atoms with van der Waals surface area (Å²) in [5, 5.41) is 9.41. The maximum absolute atomic E-state index is 11.4. The molecule has 1 heterocycles. The summed E-state index contributed by atoms with van der Waals surface area (Å²) < 4.78 is 0. The maximum atomic E-state index is 11.4. The van der Waals surface area contributed by atoms with Crippen molar-refractivity contribution in [2.45, 2.75) is 25.3 Å². The first-order valence-corrected chi connectivity index (χ1v) is 6.06. The molecule has 0 amide bonds. The fraction of sp³-hybridized carbons (Fsp3) is 0.917. The van der Waals surface area contributed by atoms with Crippen molar-refractivity contribution in [1.29, 1.82) is 0 Å². The van der Waals surface area contributed by atoms with Crippen LogP contribution in [0.1, 0.15) is 19.3 Å². The highest BCUT2D eigenvalue weighted by Gasteiger charge is 2.59. The minimum Gasteiger partial charge on any atom is -0.481 e. The molecule has 1 saturated heterocycles. The molecule has 2 unspecified atom stereocenters. The van der Waals surface area contributed by atoms with Crippen LogP contribution in [0.5, 0.6) is 0 Å². The van der Waals surface area contributed by atoms with Gasteiger partial charge in [-0.1, -0.05) is 0 Å². The van der Waals surface area contributed by atoms with Gasteiger partial charge in [-0.3, -0.25) is 4.79 Å². The molecule has 2 fully saturated rings. The predicted octanol–water partition coefficient (Wildman–Crippen LogP) is 0.733. The molecule has 4 heteroatoms. The van der Waals surface area contributed by atoms with Crippen molar-refractivity contribution in [3.05, 3.63) is 0 Å². The monoisotopic (exact) mass is 226 g/mol. The van der Waals surface area contributed by atoms with Gasteiger partial charge in [-0.05, 0) is 52.9 Å². The molecule has 4 nitrogen and oxygen atoms in total. The smallest absolute Gasteiger partial charge is 0.311 e. The molecule has 0 aromatic rings. The predicted molar refractivity (Wildman–Crippen MR) is 62.4 cm³/mol. The van der Waals surface area contributed by atoms with E-state index in [0.717, 1.165) is 32.4 Å². The second-order valence-electron chi connectivity index (χ2n) is 5.68. The number of aliphatic carboxylic acids is 1. The third-order valence-electron chi connectivity index (χ3n) is 4.21. The number of hydrogen-bond acceptors (Lipinski definition) is 3. The summed E-state index contributed by atoms with van der Waals surface area (Å²) in [5.74, 6) is -0.0839. The minimum atomic E-state index is -0.597. The molecule has 1 aliphatic heterocycles. The van der Waals surface area contributed by atoms with E-state index in [1.165, 1.54) is 0 Å². The summed E-state index contributed by atoms with van der Waals surface area (Å²) in [4.78, 5) is 15.9. The van der Waals surface area contributed by atoms with E-state index >= 15 is 0 Å². The van der Waals surface area contributed by atoms with Crippen molar-refractivity contribution < 1.29 is 9.90 Å². The average Bonchev–Trinajstić information content (AvgIpc) is 2.85. The van der Waals surface area contributed by atoms with E-state index in [0.29, 0.717) is 5.92 Å². The van der Waals surface area contributed by atoms with Gasteiger partial charge >= 0.3 is 5.97 Å². The van der Waals surface area contributed by atoms with Crippen LogP contribution in [0.15, 0.2) is 0 Å². The molecule has 2 rings (SSSR count). The molecule has 0 aromatic carbocycles. The molecule has 1 N–H and O–H groups in total. The Morgan fingerprint density at radius 3 is 2.44 bits per heavy atom. The molecule has 16 heavy (non-hydrogen) atoms. The van der Waals surface area contributed by atoms with Gasteiger partial charge in [0.05, 0.1) is 5.41 Å². The van der Waals surface area contributed by atoms with E-state index < -0.39 is 11.4 Å². The standard InChI is InChI=1S/C12H22N2O2/c1-13(2)10(9-4-7-14(3)8-9)12(5-6-12)11(15)16/h9-10H,4-8H2,1-3H3,(H,15,16). The fourth-order valence-electron chi connectivity index (χ4n) is 3.36. The van der Waals surface area contributed by atoms with Gasteiger partial charge in [-0.2, -0.15) is 0 Å². The van der Waals surface area contributed by atoms with Crippen molar-refractivity contribution in [1.82, 2.24) is 9.80 Å². The number of carbonyl (C=O) groups is 1. The second-order valence-corrected chi connectivity index (χ2v) is 5.68. The highest BCUT2D eigenvalue weighted by atomic mass is 16.4. The van der Waals surface area contributed by atoms with Crippen LogP contribution in [0.25, 0.3) is 0 Å². The lowest BCUT2D eigenvalue weighted by molar-refractivity contribution is -0.147. The molecule has 1 aliphatic carbocycles. The fourth-order valence-corrected chi connectivity index (χ4v) is 3.36. The van der Waals surface area contributed by atoms with Gasteiger partial charge in [-0.25, -0.2) is 0 Å². The Morgan fingerprint density at radius 1 is 1.50 bits per heavy atom. The van der Waals surface area contributed by atoms with Crippen LogP contribution in [0.4, 0.5) is 0 Å². The first-order chi connectivity index (χ1) is 7.47. The van der Waals surface area contributed by atoms with Crippen LogP contribution in [-0.4, -0.2) is 61.2 Å². The number of carboxylic acids is 1. The average molecular weight is 226 g/mol.